The molecule has 0 aliphatic heterocycles. The summed E-state index contributed by atoms with van der Waals surface area (Å²) >= 11 is 0. The molecule has 0 saturated carbocycles. The van der Waals surface area contributed by atoms with E-state index in [9.17, 15) is 4.79 Å². The van der Waals surface area contributed by atoms with Gasteiger partial charge in [-0.15, -0.1) is 0 Å². The molecule has 0 saturated heterocycles. The summed E-state index contributed by atoms with van der Waals surface area (Å²) in [6, 6.07) is 0. The summed E-state index contributed by atoms with van der Waals surface area (Å²) in [6.07, 6.45) is 1.23. The molecule has 3 nitrogen and oxygen atoms in total. The van der Waals surface area contributed by atoms with Crippen LogP contribution < -0.4 is 5.73 Å². The molecule has 9 heavy (non-hydrogen) atoms. The Morgan fingerprint density at radius 3 is 2.67 bits per heavy atom. The average Bonchev–Trinajstić information content (AvgIpc) is 1.87. The molecule has 0 amide bonds. The van der Waals surface area contributed by atoms with Gasteiger partial charge >= 0.3 is 5.97 Å². The van der Waals surface area contributed by atoms with E-state index in [1.54, 1.807) is 13.8 Å². The first-order chi connectivity index (χ1) is 4.22. The van der Waals surface area contributed by atoms with Gasteiger partial charge in [0.05, 0.1) is 6.61 Å². The van der Waals surface area contributed by atoms with Gasteiger partial charge in [0.2, 0.25) is 0 Å². The molecule has 0 aliphatic carbocycles. The SMILES string of the molecule is CCOC(=O)C(C)=CN. The molecule has 0 atom stereocenters. The maximum Gasteiger partial charge on any atom is 0.335 e. The van der Waals surface area contributed by atoms with Gasteiger partial charge in [0.1, 0.15) is 0 Å². The topological polar surface area (TPSA) is 52.3 Å². The fraction of sp³-hybridized carbons (Fsp3) is 0.500. The van der Waals surface area contributed by atoms with Crippen LogP contribution in [0.3, 0.4) is 0 Å². The van der Waals surface area contributed by atoms with Crippen LogP contribution in [0.2, 0.25) is 0 Å². The van der Waals surface area contributed by atoms with E-state index >= 15 is 0 Å². The van der Waals surface area contributed by atoms with Crippen LogP contribution in [-0.4, -0.2) is 12.6 Å². The molecule has 0 aromatic rings. The molecule has 0 spiro atoms. The van der Waals surface area contributed by atoms with Crippen molar-refractivity contribution in [3.05, 3.63) is 11.8 Å². The van der Waals surface area contributed by atoms with Gasteiger partial charge < -0.3 is 10.5 Å². The van der Waals surface area contributed by atoms with Crippen LogP contribution in [0.25, 0.3) is 0 Å². The number of carbonyl (C=O) groups is 1. The molecule has 0 unspecified atom stereocenters. The minimum Gasteiger partial charge on any atom is -0.463 e. The first-order valence-corrected chi connectivity index (χ1v) is 2.78. The second-order valence-corrected chi connectivity index (χ2v) is 1.57. The van der Waals surface area contributed by atoms with E-state index in [1.165, 1.54) is 6.20 Å². The number of nitrogens with two attached hydrogens (primary N) is 1. The molecule has 52 valence electrons. The zero-order valence-electron chi connectivity index (χ0n) is 5.68. The zero-order chi connectivity index (χ0) is 7.28. The van der Waals surface area contributed by atoms with Gasteiger partial charge in [-0.25, -0.2) is 4.79 Å². The molecule has 0 aliphatic rings. The van der Waals surface area contributed by atoms with E-state index in [2.05, 4.69) is 4.74 Å². The number of rotatable bonds is 2. The summed E-state index contributed by atoms with van der Waals surface area (Å²) in [6.45, 7) is 3.75. The smallest absolute Gasteiger partial charge is 0.335 e. The van der Waals surface area contributed by atoms with Crippen LogP contribution >= 0.6 is 0 Å². The Morgan fingerprint density at radius 1 is 1.78 bits per heavy atom. The van der Waals surface area contributed by atoms with Crippen LogP contribution in [-0.2, 0) is 9.53 Å². The maximum atomic E-state index is 10.6. The monoisotopic (exact) mass is 129 g/mol. The Labute approximate surface area is 54.5 Å². The molecule has 0 fully saturated rings. The first-order valence-electron chi connectivity index (χ1n) is 2.78. The highest BCUT2D eigenvalue weighted by Gasteiger charge is 2.00. The molecule has 2 N–H and O–H groups in total. The fourth-order valence-corrected chi connectivity index (χ4v) is 0.313. The Bertz CT molecular complexity index is 129. The summed E-state index contributed by atoms with van der Waals surface area (Å²) in [5, 5.41) is 0. The minimum absolute atomic E-state index is 0.347. The van der Waals surface area contributed by atoms with Crippen LogP contribution in [0.15, 0.2) is 11.8 Å². The van der Waals surface area contributed by atoms with Crippen molar-refractivity contribution in [3.63, 3.8) is 0 Å². The van der Waals surface area contributed by atoms with Crippen molar-refractivity contribution >= 4 is 5.97 Å². The van der Waals surface area contributed by atoms with Gasteiger partial charge in [-0.1, -0.05) is 0 Å². The molecule has 3 heteroatoms. The van der Waals surface area contributed by atoms with E-state index in [4.69, 9.17) is 5.73 Å². The van der Waals surface area contributed by atoms with Crippen molar-refractivity contribution in [2.24, 2.45) is 5.73 Å². The zero-order valence-corrected chi connectivity index (χ0v) is 5.68. The third-order valence-electron chi connectivity index (χ3n) is 0.847. The Balaban J connectivity index is 3.74. The highest BCUT2D eigenvalue weighted by Crippen LogP contribution is 1.91. The van der Waals surface area contributed by atoms with Crippen molar-refractivity contribution in [1.82, 2.24) is 0 Å². The van der Waals surface area contributed by atoms with Crippen molar-refractivity contribution in [3.8, 4) is 0 Å². The van der Waals surface area contributed by atoms with Gasteiger partial charge in [0.15, 0.2) is 0 Å². The standard InChI is InChI=1S/C6H11NO2/c1-3-9-6(8)5(2)4-7/h4H,3,7H2,1-2H3. The number of esters is 1. The van der Waals surface area contributed by atoms with E-state index in [1.807, 2.05) is 0 Å². The van der Waals surface area contributed by atoms with Gasteiger partial charge in [0, 0.05) is 11.8 Å². The second kappa shape index (κ2) is 3.95. The number of hydrogen-bond donors (Lipinski definition) is 1. The lowest BCUT2D eigenvalue weighted by Gasteiger charge is -1.98. The predicted octanol–water partition coefficient (Wildman–Crippen LogP) is 0.412. The summed E-state index contributed by atoms with van der Waals surface area (Å²) in [7, 11) is 0. The lowest BCUT2D eigenvalue weighted by atomic mass is 10.3. The molecular formula is C6H11NO2. The Kier molecular flexibility index (Phi) is 3.51. The molecule has 0 aromatic carbocycles. The predicted molar refractivity (Wildman–Crippen MR) is 34.6 cm³/mol. The lowest BCUT2D eigenvalue weighted by Crippen LogP contribution is -2.06. The number of carbonyl (C=O) groups excluding carboxylic acids is 1. The molecule has 0 radical (unpaired) electrons. The Hall–Kier alpha value is -0.990. The average molecular weight is 129 g/mol. The van der Waals surface area contributed by atoms with Crippen molar-refractivity contribution in [1.29, 1.82) is 0 Å². The maximum absolute atomic E-state index is 10.6. The van der Waals surface area contributed by atoms with E-state index < -0.39 is 0 Å². The number of ether oxygens (including phenoxy) is 1. The third-order valence-corrected chi connectivity index (χ3v) is 0.847. The fourth-order valence-electron chi connectivity index (χ4n) is 0.313. The quantitative estimate of drug-likeness (QED) is 0.434. The highest BCUT2D eigenvalue weighted by molar-refractivity contribution is 5.87. The lowest BCUT2D eigenvalue weighted by molar-refractivity contribution is -0.138. The summed E-state index contributed by atoms with van der Waals surface area (Å²) in [4.78, 5) is 10.6. The van der Waals surface area contributed by atoms with Gasteiger partial charge in [-0.05, 0) is 13.8 Å². The van der Waals surface area contributed by atoms with E-state index in [0.29, 0.717) is 12.2 Å². The molecule has 0 aromatic heterocycles. The van der Waals surface area contributed by atoms with Crippen molar-refractivity contribution in [2.45, 2.75) is 13.8 Å². The third kappa shape index (κ3) is 2.74. The first kappa shape index (κ1) is 8.01. The van der Waals surface area contributed by atoms with Crippen LogP contribution in [0.1, 0.15) is 13.8 Å². The van der Waals surface area contributed by atoms with Gasteiger partial charge in [-0.3, -0.25) is 0 Å². The molecule has 0 heterocycles. The van der Waals surface area contributed by atoms with Crippen molar-refractivity contribution < 1.29 is 9.53 Å². The van der Waals surface area contributed by atoms with Crippen LogP contribution in [0.5, 0.6) is 0 Å². The minimum atomic E-state index is -0.347. The normalized spacial score (nSPS) is 11.1. The largest absolute Gasteiger partial charge is 0.463 e. The number of hydrogen-bond acceptors (Lipinski definition) is 3. The van der Waals surface area contributed by atoms with Gasteiger partial charge in [0.25, 0.3) is 0 Å². The second-order valence-electron chi connectivity index (χ2n) is 1.57. The van der Waals surface area contributed by atoms with Gasteiger partial charge in [-0.2, -0.15) is 0 Å². The summed E-state index contributed by atoms with van der Waals surface area (Å²) in [5.74, 6) is -0.347. The molecule has 0 bridgehead atoms. The Morgan fingerprint density at radius 2 is 2.33 bits per heavy atom. The summed E-state index contributed by atoms with van der Waals surface area (Å²) in [5.41, 5.74) is 5.48. The van der Waals surface area contributed by atoms with Crippen molar-refractivity contribution in [2.75, 3.05) is 6.61 Å². The summed E-state index contributed by atoms with van der Waals surface area (Å²) < 4.78 is 4.61. The van der Waals surface area contributed by atoms with Crippen LogP contribution in [0.4, 0.5) is 0 Å². The van der Waals surface area contributed by atoms with E-state index in [-0.39, 0.29) is 5.97 Å². The highest BCUT2D eigenvalue weighted by atomic mass is 16.5. The van der Waals surface area contributed by atoms with E-state index in [0.717, 1.165) is 0 Å². The van der Waals surface area contributed by atoms with Crippen LogP contribution in [0, 0.1) is 0 Å². The molecule has 0 rings (SSSR count). The molecular weight excluding hydrogens is 118 g/mol.